The van der Waals surface area contributed by atoms with Gasteiger partial charge in [-0.3, -0.25) is 4.79 Å². The van der Waals surface area contributed by atoms with Crippen molar-refractivity contribution in [1.82, 2.24) is 0 Å². The Labute approximate surface area is 184 Å². The highest BCUT2D eigenvalue weighted by Gasteiger charge is 2.62. The van der Waals surface area contributed by atoms with Gasteiger partial charge in [-0.2, -0.15) is 0 Å². The van der Waals surface area contributed by atoms with E-state index in [1.807, 2.05) is 13.8 Å². The number of esters is 2. The number of hydrogen-bond donors (Lipinski definition) is 0. The molecule has 9 heteroatoms. The van der Waals surface area contributed by atoms with Gasteiger partial charge in [0, 0.05) is 6.42 Å². The second-order valence-electron chi connectivity index (χ2n) is 10.3. The molecule has 178 valence electrons. The third-order valence-corrected chi connectivity index (χ3v) is 5.33. The molecule has 0 aromatic carbocycles. The van der Waals surface area contributed by atoms with Crippen LogP contribution in [0.1, 0.15) is 68.2 Å². The van der Waals surface area contributed by atoms with Crippen LogP contribution in [0.2, 0.25) is 0 Å². The number of hydrogen-bond acceptors (Lipinski definition) is 9. The second-order valence-corrected chi connectivity index (χ2v) is 10.3. The Kier molecular flexibility index (Phi) is 6.50. The highest BCUT2D eigenvalue weighted by Crippen LogP contribution is 2.45. The van der Waals surface area contributed by atoms with Crippen LogP contribution in [0, 0.1) is 0 Å². The van der Waals surface area contributed by atoms with Crippen molar-refractivity contribution in [3.63, 3.8) is 0 Å². The summed E-state index contributed by atoms with van der Waals surface area (Å²) in [6, 6.07) is 0. The van der Waals surface area contributed by atoms with Gasteiger partial charge in [0.2, 0.25) is 0 Å². The predicted octanol–water partition coefficient (Wildman–Crippen LogP) is 2.48. The Balaban J connectivity index is 1.94. The van der Waals surface area contributed by atoms with Crippen LogP contribution in [0.25, 0.3) is 0 Å². The predicted molar refractivity (Wildman–Crippen MR) is 108 cm³/mol. The molecule has 0 aliphatic carbocycles. The van der Waals surface area contributed by atoms with E-state index in [2.05, 4.69) is 0 Å². The monoisotopic (exact) mass is 444 g/mol. The number of fused-ring (bicyclic) bond motifs is 1. The molecule has 3 aliphatic heterocycles. The maximum atomic E-state index is 13.1. The number of ether oxygens (including phenoxy) is 7. The molecular formula is C22H36O9. The lowest BCUT2D eigenvalue weighted by molar-refractivity contribution is -0.242. The first-order valence-electron chi connectivity index (χ1n) is 10.9. The molecule has 31 heavy (non-hydrogen) atoms. The van der Waals surface area contributed by atoms with Crippen molar-refractivity contribution in [3.05, 3.63) is 0 Å². The van der Waals surface area contributed by atoms with Crippen LogP contribution in [0.15, 0.2) is 0 Å². The van der Waals surface area contributed by atoms with Crippen molar-refractivity contribution in [2.45, 2.75) is 115 Å². The van der Waals surface area contributed by atoms with E-state index in [4.69, 9.17) is 33.2 Å². The van der Waals surface area contributed by atoms with Crippen LogP contribution in [0.5, 0.6) is 0 Å². The Morgan fingerprint density at radius 1 is 0.935 bits per heavy atom. The number of carbonyl (C=O) groups is 2. The van der Waals surface area contributed by atoms with Crippen LogP contribution in [-0.4, -0.2) is 72.3 Å². The van der Waals surface area contributed by atoms with E-state index in [1.165, 1.54) is 0 Å². The van der Waals surface area contributed by atoms with Gasteiger partial charge >= 0.3 is 11.9 Å². The molecule has 3 saturated heterocycles. The standard InChI is InChI=1S/C22H36O9/c1-9-25-18(24)22(11-15(23)29-19(2,3)4)10-13-16(30-21(7,8)27-13)17(31-22)14-12-26-20(5,6)28-14/h13-14,16-17H,9-12H2,1-8H3/t13-,14-,16-,17-,22-/m1/s1. The molecule has 0 unspecified atom stereocenters. The first kappa shape index (κ1) is 24.4. The summed E-state index contributed by atoms with van der Waals surface area (Å²) < 4.78 is 41.2. The van der Waals surface area contributed by atoms with Crippen LogP contribution in [-0.2, 0) is 42.7 Å². The Morgan fingerprint density at radius 2 is 1.55 bits per heavy atom. The van der Waals surface area contributed by atoms with E-state index in [1.54, 1.807) is 41.5 Å². The van der Waals surface area contributed by atoms with E-state index in [0.717, 1.165) is 0 Å². The Bertz CT molecular complexity index is 696. The molecule has 5 atom stereocenters. The largest absolute Gasteiger partial charge is 0.464 e. The average Bonchev–Trinajstić information content (AvgIpc) is 3.09. The SMILES string of the molecule is CCOC(=O)[C@]1(CC(=O)OC(C)(C)C)C[C@H]2OC(C)(C)O[C@H]2[C@@H]([C@H]2COC(C)(C)O2)O1. The highest BCUT2D eigenvalue weighted by atomic mass is 16.8. The number of rotatable bonds is 5. The van der Waals surface area contributed by atoms with Gasteiger partial charge in [0.25, 0.3) is 0 Å². The van der Waals surface area contributed by atoms with Crippen LogP contribution in [0.3, 0.4) is 0 Å². The number of carbonyl (C=O) groups excluding carboxylic acids is 2. The molecule has 0 radical (unpaired) electrons. The maximum Gasteiger partial charge on any atom is 0.339 e. The van der Waals surface area contributed by atoms with Crippen molar-refractivity contribution in [2.24, 2.45) is 0 Å². The zero-order valence-corrected chi connectivity index (χ0v) is 19.8. The van der Waals surface area contributed by atoms with E-state index in [9.17, 15) is 9.59 Å². The first-order valence-corrected chi connectivity index (χ1v) is 10.9. The molecule has 0 aromatic rings. The second kappa shape index (κ2) is 8.26. The molecule has 0 aromatic heterocycles. The normalized spacial score (nSPS) is 36.6. The molecule has 9 nitrogen and oxygen atoms in total. The summed E-state index contributed by atoms with van der Waals surface area (Å²) in [4.78, 5) is 25.9. The summed E-state index contributed by atoms with van der Waals surface area (Å²) in [5, 5.41) is 0. The van der Waals surface area contributed by atoms with Gasteiger partial charge in [0.1, 0.15) is 23.9 Å². The van der Waals surface area contributed by atoms with Gasteiger partial charge in [-0.1, -0.05) is 0 Å². The molecule has 0 spiro atoms. The molecular weight excluding hydrogens is 408 g/mol. The van der Waals surface area contributed by atoms with Crippen LogP contribution >= 0.6 is 0 Å². The zero-order chi connectivity index (χ0) is 23.2. The van der Waals surface area contributed by atoms with Gasteiger partial charge in [0.15, 0.2) is 17.2 Å². The lowest BCUT2D eigenvalue weighted by Gasteiger charge is -2.44. The molecule has 3 heterocycles. The minimum atomic E-state index is -1.58. The molecule has 0 amide bonds. The van der Waals surface area contributed by atoms with Gasteiger partial charge in [-0.15, -0.1) is 0 Å². The summed E-state index contributed by atoms with van der Waals surface area (Å²) in [6.45, 7) is 14.6. The van der Waals surface area contributed by atoms with Crippen LogP contribution in [0.4, 0.5) is 0 Å². The summed E-state index contributed by atoms with van der Waals surface area (Å²) >= 11 is 0. The van der Waals surface area contributed by atoms with Gasteiger partial charge in [0.05, 0.1) is 25.7 Å². The van der Waals surface area contributed by atoms with E-state index >= 15 is 0 Å². The molecule has 3 aliphatic rings. The van der Waals surface area contributed by atoms with Gasteiger partial charge < -0.3 is 33.2 Å². The molecule has 3 rings (SSSR count). The van der Waals surface area contributed by atoms with Gasteiger partial charge in [-0.25, -0.2) is 4.79 Å². The fraction of sp³-hybridized carbons (Fsp3) is 0.909. The van der Waals surface area contributed by atoms with E-state index in [0.29, 0.717) is 0 Å². The first-order chi connectivity index (χ1) is 14.2. The third-order valence-electron chi connectivity index (χ3n) is 5.33. The zero-order valence-electron chi connectivity index (χ0n) is 19.8. The average molecular weight is 445 g/mol. The lowest BCUT2D eigenvalue weighted by atomic mass is 9.84. The minimum Gasteiger partial charge on any atom is -0.464 e. The minimum absolute atomic E-state index is 0.104. The lowest BCUT2D eigenvalue weighted by Crippen LogP contribution is -2.62. The van der Waals surface area contributed by atoms with Crippen molar-refractivity contribution < 1.29 is 42.7 Å². The van der Waals surface area contributed by atoms with Gasteiger partial charge in [-0.05, 0) is 55.4 Å². The molecule has 0 saturated carbocycles. The smallest absolute Gasteiger partial charge is 0.339 e. The Hall–Kier alpha value is -1.26. The quantitative estimate of drug-likeness (QED) is 0.592. The maximum absolute atomic E-state index is 13.1. The summed E-state index contributed by atoms with van der Waals surface area (Å²) in [6.07, 6.45) is -2.38. The van der Waals surface area contributed by atoms with E-state index < -0.39 is 59.1 Å². The third kappa shape index (κ3) is 5.57. The Morgan fingerprint density at radius 3 is 2.10 bits per heavy atom. The topological polar surface area (TPSA) is 98.8 Å². The fourth-order valence-electron chi connectivity index (χ4n) is 4.36. The molecule has 0 bridgehead atoms. The highest BCUT2D eigenvalue weighted by molar-refractivity contribution is 5.86. The van der Waals surface area contributed by atoms with Crippen molar-refractivity contribution in [3.8, 4) is 0 Å². The van der Waals surface area contributed by atoms with Crippen molar-refractivity contribution >= 4 is 11.9 Å². The van der Waals surface area contributed by atoms with E-state index in [-0.39, 0.29) is 26.1 Å². The molecule has 0 N–H and O–H groups in total. The van der Waals surface area contributed by atoms with Crippen LogP contribution < -0.4 is 0 Å². The summed E-state index contributed by atoms with van der Waals surface area (Å²) in [5.74, 6) is -2.85. The van der Waals surface area contributed by atoms with Crippen molar-refractivity contribution in [1.29, 1.82) is 0 Å². The summed E-state index contributed by atoms with van der Waals surface area (Å²) in [5.41, 5.74) is -2.28. The fourth-order valence-corrected chi connectivity index (χ4v) is 4.36. The molecule has 3 fully saturated rings. The van der Waals surface area contributed by atoms with Crippen molar-refractivity contribution in [2.75, 3.05) is 13.2 Å². The summed E-state index contributed by atoms with van der Waals surface area (Å²) in [7, 11) is 0.